The smallest absolute Gasteiger partial charge is 0.249 e. The number of rotatable bonds is 4. The summed E-state index contributed by atoms with van der Waals surface area (Å²) in [5.74, 6) is -0.198. The van der Waals surface area contributed by atoms with Crippen LogP contribution in [0.1, 0.15) is 18.4 Å². The summed E-state index contributed by atoms with van der Waals surface area (Å²) < 4.78 is 0. The molecule has 0 radical (unpaired) electrons. The minimum absolute atomic E-state index is 0.0226. The fourth-order valence-corrected chi connectivity index (χ4v) is 2.99. The van der Waals surface area contributed by atoms with Gasteiger partial charge in [0, 0.05) is 37.7 Å². The first-order valence-corrected chi connectivity index (χ1v) is 8.38. The number of piperidine rings is 1. The molecule has 0 aliphatic carbocycles. The van der Waals surface area contributed by atoms with Gasteiger partial charge in [0.05, 0.1) is 0 Å². The first-order chi connectivity index (χ1) is 12.2. The Hall–Kier alpha value is -2.95. The molecule has 3 rings (SSSR count). The maximum absolute atomic E-state index is 12.8. The van der Waals surface area contributed by atoms with E-state index in [1.807, 2.05) is 42.5 Å². The zero-order valence-corrected chi connectivity index (χ0v) is 14.2. The van der Waals surface area contributed by atoms with Crippen LogP contribution < -0.4 is 4.90 Å². The van der Waals surface area contributed by atoms with Crippen LogP contribution >= 0.6 is 0 Å². The molecule has 25 heavy (non-hydrogen) atoms. The van der Waals surface area contributed by atoms with Gasteiger partial charge in [-0.3, -0.25) is 14.6 Å². The van der Waals surface area contributed by atoms with Crippen molar-refractivity contribution in [1.82, 2.24) is 9.88 Å². The van der Waals surface area contributed by atoms with Crippen molar-refractivity contribution in [1.29, 1.82) is 0 Å². The lowest BCUT2D eigenvalue weighted by molar-refractivity contribution is -0.135. The van der Waals surface area contributed by atoms with Crippen LogP contribution in [0, 0.1) is 0 Å². The van der Waals surface area contributed by atoms with Crippen LogP contribution in [0.5, 0.6) is 0 Å². The first-order valence-electron chi connectivity index (χ1n) is 8.38. The summed E-state index contributed by atoms with van der Waals surface area (Å²) in [5, 5.41) is 0. The number of benzene rings is 1. The second kappa shape index (κ2) is 7.75. The lowest BCUT2D eigenvalue weighted by atomic mass is 10.0. The Morgan fingerprint density at radius 3 is 2.64 bits per heavy atom. The Bertz CT molecular complexity index is 759. The predicted octanol–water partition coefficient (Wildman–Crippen LogP) is 2.75. The average molecular weight is 335 g/mol. The highest BCUT2D eigenvalue weighted by molar-refractivity contribution is 6.01. The highest BCUT2D eigenvalue weighted by Gasteiger charge is 2.33. The van der Waals surface area contributed by atoms with E-state index in [2.05, 4.69) is 4.98 Å². The van der Waals surface area contributed by atoms with Gasteiger partial charge in [-0.05, 0) is 48.7 Å². The molecule has 128 valence electrons. The average Bonchev–Trinajstić information content (AvgIpc) is 2.67. The van der Waals surface area contributed by atoms with Gasteiger partial charge >= 0.3 is 0 Å². The van der Waals surface area contributed by atoms with Gasteiger partial charge in [-0.1, -0.05) is 18.2 Å². The van der Waals surface area contributed by atoms with Crippen LogP contribution in [-0.4, -0.2) is 41.3 Å². The fourth-order valence-electron chi connectivity index (χ4n) is 2.99. The number of hydrogen-bond acceptors (Lipinski definition) is 3. The molecule has 1 aliphatic rings. The summed E-state index contributed by atoms with van der Waals surface area (Å²) >= 11 is 0. The standard InChI is InChI=1S/C20H21N3O2/c1-22(19(24)10-9-16-11-13-21-14-12-16)18-8-5-15-23(20(18)25)17-6-3-2-4-7-17/h2-4,6-7,9-14,18H,5,8,15H2,1H3/b10-9+. The van der Waals surface area contributed by atoms with Gasteiger partial charge in [0.1, 0.15) is 6.04 Å². The summed E-state index contributed by atoms with van der Waals surface area (Å²) in [6.45, 7) is 0.689. The van der Waals surface area contributed by atoms with E-state index < -0.39 is 6.04 Å². The summed E-state index contributed by atoms with van der Waals surface area (Å²) in [6.07, 6.45) is 8.16. The summed E-state index contributed by atoms with van der Waals surface area (Å²) in [6, 6.07) is 12.8. The molecule has 5 heteroatoms. The second-order valence-corrected chi connectivity index (χ2v) is 6.05. The normalized spacial score (nSPS) is 17.7. The minimum atomic E-state index is -0.427. The summed E-state index contributed by atoms with van der Waals surface area (Å²) in [5.41, 5.74) is 1.78. The van der Waals surface area contributed by atoms with Crippen molar-refractivity contribution in [2.75, 3.05) is 18.5 Å². The van der Waals surface area contributed by atoms with Gasteiger partial charge < -0.3 is 9.80 Å². The number of hydrogen-bond donors (Lipinski definition) is 0. The number of carbonyl (C=O) groups is 2. The molecule has 1 unspecified atom stereocenters. The molecule has 1 fully saturated rings. The van der Waals surface area contributed by atoms with Gasteiger partial charge in [-0.15, -0.1) is 0 Å². The summed E-state index contributed by atoms with van der Waals surface area (Å²) in [4.78, 5) is 32.6. The lowest BCUT2D eigenvalue weighted by Gasteiger charge is -2.36. The Morgan fingerprint density at radius 1 is 1.20 bits per heavy atom. The molecular weight excluding hydrogens is 314 g/mol. The van der Waals surface area contributed by atoms with Crippen molar-refractivity contribution in [3.05, 3.63) is 66.5 Å². The second-order valence-electron chi connectivity index (χ2n) is 6.05. The van der Waals surface area contributed by atoms with E-state index in [4.69, 9.17) is 0 Å². The number of aromatic nitrogens is 1. The molecule has 1 saturated heterocycles. The zero-order valence-electron chi connectivity index (χ0n) is 14.2. The molecule has 5 nitrogen and oxygen atoms in total. The van der Waals surface area contributed by atoms with Gasteiger partial charge in [-0.25, -0.2) is 0 Å². The number of likely N-dealkylation sites (N-methyl/N-ethyl adjacent to an activating group) is 1. The fraction of sp³-hybridized carbons (Fsp3) is 0.250. The SMILES string of the molecule is CN(C(=O)/C=C/c1ccncc1)C1CCCN(c2ccccc2)C1=O. The van der Waals surface area contributed by atoms with E-state index in [0.717, 1.165) is 17.7 Å². The Morgan fingerprint density at radius 2 is 1.92 bits per heavy atom. The van der Waals surface area contributed by atoms with Crippen molar-refractivity contribution < 1.29 is 9.59 Å². The quantitative estimate of drug-likeness (QED) is 0.807. The molecule has 2 aromatic rings. The Kier molecular flexibility index (Phi) is 5.23. The van der Waals surface area contributed by atoms with Crippen LogP contribution in [0.2, 0.25) is 0 Å². The first kappa shape index (κ1) is 16.9. The van der Waals surface area contributed by atoms with E-state index in [1.54, 1.807) is 30.4 Å². The predicted molar refractivity (Wildman–Crippen MR) is 97.9 cm³/mol. The molecule has 1 atom stereocenters. The van der Waals surface area contributed by atoms with Crippen molar-refractivity contribution in [2.45, 2.75) is 18.9 Å². The molecule has 1 aromatic heterocycles. The van der Waals surface area contributed by atoms with Gasteiger partial charge in [0.2, 0.25) is 11.8 Å². The largest absolute Gasteiger partial charge is 0.330 e. The maximum Gasteiger partial charge on any atom is 0.249 e. The highest BCUT2D eigenvalue weighted by Crippen LogP contribution is 2.23. The topological polar surface area (TPSA) is 53.5 Å². The van der Waals surface area contributed by atoms with Crippen LogP contribution in [0.25, 0.3) is 6.08 Å². The van der Waals surface area contributed by atoms with Crippen molar-refractivity contribution in [3.8, 4) is 0 Å². The molecule has 0 N–H and O–H groups in total. The van der Waals surface area contributed by atoms with Crippen molar-refractivity contribution in [2.24, 2.45) is 0 Å². The van der Waals surface area contributed by atoms with Crippen LogP contribution in [-0.2, 0) is 9.59 Å². The molecule has 1 aliphatic heterocycles. The maximum atomic E-state index is 12.8. The third-order valence-corrected chi connectivity index (χ3v) is 4.42. The van der Waals surface area contributed by atoms with Crippen LogP contribution in [0.3, 0.4) is 0 Å². The highest BCUT2D eigenvalue weighted by atomic mass is 16.2. The van der Waals surface area contributed by atoms with Crippen molar-refractivity contribution in [3.63, 3.8) is 0 Å². The summed E-state index contributed by atoms with van der Waals surface area (Å²) in [7, 11) is 1.69. The van der Waals surface area contributed by atoms with E-state index in [-0.39, 0.29) is 11.8 Å². The lowest BCUT2D eigenvalue weighted by Crippen LogP contribution is -2.52. The zero-order chi connectivity index (χ0) is 17.6. The molecule has 2 amide bonds. The molecule has 0 spiro atoms. The molecule has 1 aromatic carbocycles. The molecule has 0 saturated carbocycles. The minimum Gasteiger partial charge on any atom is -0.330 e. The Balaban J connectivity index is 1.70. The van der Waals surface area contributed by atoms with Gasteiger partial charge in [0.25, 0.3) is 0 Å². The number of carbonyl (C=O) groups excluding carboxylic acids is 2. The van der Waals surface area contributed by atoms with Crippen molar-refractivity contribution >= 4 is 23.6 Å². The van der Waals surface area contributed by atoms with E-state index in [0.29, 0.717) is 13.0 Å². The van der Waals surface area contributed by atoms with E-state index in [9.17, 15) is 9.59 Å². The van der Waals surface area contributed by atoms with Crippen LogP contribution in [0.4, 0.5) is 5.69 Å². The number of anilines is 1. The van der Waals surface area contributed by atoms with Gasteiger partial charge in [-0.2, -0.15) is 0 Å². The van der Waals surface area contributed by atoms with E-state index >= 15 is 0 Å². The van der Waals surface area contributed by atoms with Gasteiger partial charge in [0.15, 0.2) is 0 Å². The molecular formula is C20H21N3O2. The number of para-hydroxylation sites is 1. The monoisotopic (exact) mass is 335 g/mol. The third-order valence-electron chi connectivity index (χ3n) is 4.42. The van der Waals surface area contributed by atoms with Crippen LogP contribution in [0.15, 0.2) is 60.9 Å². The third kappa shape index (κ3) is 3.94. The number of pyridine rings is 1. The molecule has 2 heterocycles. The number of amides is 2. The van der Waals surface area contributed by atoms with E-state index in [1.165, 1.54) is 11.0 Å². The number of nitrogens with zero attached hydrogens (tertiary/aromatic N) is 3. The molecule has 0 bridgehead atoms. The Labute approximate surface area is 147 Å².